The molecule has 0 saturated heterocycles. The van der Waals surface area contributed by atoms with Gasteiger partial charge in [0.1, 0.15) is 0 Å². The minimum absolute atomic E-state index is 1.17. The summed E-state index contributed by atoms with van der Waals surface area (Å²) in [6.07, 6.45) is 0. The summed E-state index contributed by atoms with van der Waals surface area (Å²) in [7, 11) is 0. The first-order valence-electron chi connectivity index (χ1n) is 3.61. The smallest absolute Gasteiger partial charge is 0.0899 e. The zero-order chi connectivity index (χ0) is 8.15. The van der Waals surface area contributed by atoms with Gasteiger partial charge in [-0.15, -0.1) is 11.3 Å². The number of aryl methyl sites for hydroxylation is 3. The van der Waals surface area contributed by atoms with Gasteiger partial charge in [0.2, 0.25) is 0 Å². The van der Waals surface area contributed by atoms with Crippen LogP contribution in [-0.2, 0) is 0 Å². The third-order valence-corrected chi connectivity index (χ3v) is 2.12. The van der Waals surface area contributed by atoms with Crippen LogP contribution >= 0.6 is 11.3 Å². The summed E-state index contributed by atoms with van der Waals surface area (Å²) in [6.45, 7) is 10.2. The zero-order valence-electron chi connectivity index (χ0n) is 7.36. The van der Waals surface area contributed by atoms with Gasteiger partial charge < -0.3 is 0 Å². The standard InChI is InChI=1S/C6H9NS.C2H6/c1-4-5(2)8-6(3)7-4;1-2/h1-3H3;1-2H3. The molecular formula is C8H15NS. The molecule has 0 amide bonds. The first-order valence-corrected chi connectivity index (χ1v) is 4.42. The van der Waals surface area contributed by atoms with Crippen LogP contribution in [0.2, 0.25) is 0 Å². The van der Waals surface area contributed by atoms with Gasteiger partial charge in [-0.2, -0.15) is 0 Å². The molecule has 0 aliphatic heterocycles. The van der Waals surface area contributed by atoms with Crippen molar-refractivity contribution in [2.45, 2.75) is 34.6 Å². The third-order valence-electron chi connectivity index (χ3n) is 1.14. The van der Waals surface area contributed by atoms with Crippen molar-refractivity contribution in [1.82, 2.24) is 4.98 Å². The lowest BCUT2D eigenvalue weighted by Crippen LogP contribution is -1.71. The maximum absolute atomic E-state index is 4.23. The summed E-state index contributed by atoms with van der Waals surface area (Å²) in [4.78, 5) is 5.56. The van der Waals surface area contributed by atoms with E-state index in [0.717, 1.165) is 0 Å². The van der Waals surface area contributed by atoms with Crippen LogP contribution in [0.4, 0.5) is 0 Å². The number of rotatable bonds is 0. The van der Waals surface area contributed by atoms with Gasteiger partial charge in [0.15, 0.2) is 0 Å². The van der Waals surface area contributed by atoms with Gasteiger partial charge in [-0.05, 0) is 20.8 Å². The Morgan fingerprint density at radius 1 is 1.10 bits per heavy atom. The number of nitrogens with zero attached hydrogens (tertiary/aromatic N) is 1. The van der Waals surface area contributed by atoms with Crippen molar-refractivity contribution in [3.8, 4) is 0 Å². The van der Waals surface area contributed by atoms with E-state index in [2.05, 4.69) is 11.9 Å². The Morgan fingerprint density at radius 3 is 1.70 bits per heavy atom. The van der Waals surface area contributed by atoms with Crippen molar-refractivity contribution in [3.63, 3.8) is 0 Å². The largest absolute Gasteiger partial charge is 0.247 e. The summed E-state index contributed by atoms with van der Waals surface area (Å²) < 4.78 is 0. The molecule has 0 spiro atoms. The number of hydrogen-bond acceptors (Lipinski definition) is 2. The molecule has 1 heterocycles. The molecule has 0 atom stereocenters. The molecule has 58 valence electrons. The van der Waals surface area contributed by atoms with Crippen LogP contribution in [0.1, 0.15) is 29.4 Å². The second-order valence-corrected chi connectivity index (χ2v) is 3.28. The Balaban J connectivity index is 0.000000371. The molecule has 0 saturated carbocycles. The molecule has 1 aromatic heterocycles. The molecule has 0 aromatic carbocycles. The molecule has 10 heavy (non-hydrogen) atoms. The summed E-state index contributed by atoms with van der Waals surface area (Å²) in [6, 6.07) is 0. The SMILES string of the molecule is CC.Cc1nc(C)c(C)s1. The van der Waals surface area contributed by atoms with Gasteiger partial charge in [-0.1, -0.05) is 13.8 Å². The summed E-state index contributed by atoms with van der Waals surface area (Å²) in [5.41, 5.74) is 1.17. The van der Waals surface area contributed by atoms with Crippen molar-refractivity contribution < 1.29 is 0 Å². The maximum atomic E-state index is 4.23. The minimum atomic E-state index is 1.17. The Morgan fingerprint density at radius 2 is 1.60 bits per heavy atom. The number of hydrogen-bond donors (Lipinski definition) is 0. The first kappa shape index (κ1) is 9.63. The summed E-state index contributed by atoms with van der Waals surface area (Å²) in [5, 5.41) is 1.17. The number of thiazole rings is 1. The van der Waals surface area contributed by atoms with E-state index in [1.807, 2.05) is 27.7 Å². The predicted octanol–water partition coefficient (Wildman–Crippen LogP) is 3.09. The van der Waals surface area contributed by atoms with Gasteiger partial charge in [-0.25, -0.2) is 4.98 Å². The highest BCUT2D eigenvalue weighted by Crippen LogP contribution is 2.14. The van der Waals surface area contributed by atoms with Crippen LogP contribution in [0.3, 0.4) is 0 Å². The van der Waals surface area contributed by atoms with Gasteiger partial charge >= 0.3 is 0 Å². The van der Waals surface area contributed by atoms with E-state index in [1.165, 1.54) is 15.6 Å². The lowest BCUT2D eigenvalue weighted by Gasteiger charge is -1.77. The summed E-state index contributed by atoms with van der Waals surface area (Å²) in [5.74, 6) is 0. The quantitative estimate of drug-likeness (QED) is 0.564. The molecule has 0 aliphatic rings. The first-order chi connectivity index (χ1) is 4.70. The molecule has 0 radical (unpaired) electrons. The Labute approximate surface area is 67.1 Å². The molecule has 0 aliphatic carbocycles. The zero-order valence-corrected chi connectivity index (χ0v) is 8.17. The van der Waals surface area contributed by atoms with Crippen LogP contribution < -0.4 is 0 Å². The molecule has 0 bridgehead atoms. The lowest BCUT2D eigenvalue weighted by molar-refractivity contribution is 1.18. The molecule has 0 unspecified atom stereocenters. The highest BCUT2D eigenvalue weighted by molar-refractivity contribution is 7.11. The van der Waals surface area contributed by atoms with E-state index in [9.17, 15) is 0 Å². The molecule has 0 N–H and O–H groups in total. The van der Waals surface area contributed by atoms with E-state index < -0.39 is 0 Å². The molecule has 1 nitrogen and oxygen atoms in total. The van der Waals surface area contributed by atoms with Crippen LogP contribution in [0.15, 0.2) is 0 Å². The molecule has 2 heteroatoms. The van der Waals surface area contributed by atoms with E-state index in [0.29, 0.717) is 0 Å². The van der Waals surface area contributed by atoms with E-state index in [4.69, 9.17) is 0 Å². The van der Waals surface area contributed by atoms with Crippen molar-refractivity contribution in [1.29, 1.82) is 0 Å². The van der Waals surface area contributed by atoms with Crippen molar-refractivity contribution in [3.05, 3.63) is 15.6 Å². The predicted molar refractivity (Wildman–Crippen MR) is 47.7 cm³/mol. The minimum Gasteiger partial charge on any atom is -0.247 e. The van der Waals surface area contributed by atoms with E-state index in [1.54, 1.807) is 11.3 Å². The van der Waals surface area contributed by atoms with Crippen molar-refractivity contribution >= 4 is 11.3 Å². The van der Waals surface area contributed by atoms with Gasteiger partial charge in [0, 0.05) is 4.88 Å². The van der Waals surface area contributed by atoms with Crippen LogP contribution in [0.25, 0.3) is 0 Å². The van der Waals surface area contributed by atoms with Gasteiger partial charge in [0.05, 0.1) is 10.7 Å². The van der Waals surface area contributed by atoms with E-state index in [-0.39, 0.29) is 0 Å². The van der Waals surface area contributed by atoms with Crippen molar-refractivity contribution in [2.75, 3.05) is 0 Å². The molecular weight excluding hydrogens is 142 g/mol. The molecule has 0 fully saturated rings. The normalized spacial score (nSPS) is 8.50. The fourth-order valence-electron chi connectivity index (χ4n) is 0.633. The average molecular weight is 157 g/mol. The topological polar surface area (TPSA) is 12.9 Å². The molecule has 1 rings (SSSR count). The molecule has 1 aromatic rings. The van der Waals surface area contributed by atoms with Crippen LogP contribution in [0, 0.1) is 20.8 Å². The third kappa shape index (κ3) is 2.48. The fourth-order valence-corrected chi connectivity index (χ4v) is 1.45. The average Bonchev–Trinajstić information content (AvgIpc) is 2.16. The number of aromatic nitrogens is 1. The Kier molecular flexibility index (Phi) is 4.28. The highest BCUT2D eigenvalue weighted by atomic mass is 32.1. The van der Waals surface area contributed by atoms with Crippen molar-refractivity contribution in [2.24, 2.45) is 0 Å². The second-order valence-electron chi connectivity index (χ2n) is 1.87. The van der Waals surface area contributed by atoms with Gasteiger partial charge in [0.25, 0.3) is 0 Å². The van der Waals surface area contributed by atoms with Crippen LogP contribution in [0.5, 0.6) is 0 Å². The maximum Gasteiger partial charge on any atom is 0.0899 e. The second kappa shape index (κ2) is 4.45. The Bertz CT molecular complexity index is 172. The van der Waals surface area contributed by atoms with Gasteiger partial charge in [-0.3, -0.25) is 0 Å². The fraction of sp³-hybridized carbons (Fsp3) is 0.625. The monoisotopic (exact) mass is 157 g/mol. The summed E-state index contributed by atoms with van der Waals surface area (Å²) >= 11 is 1.76. The Hall–Kier alpha value is -0.370. The lowest BCUT2D eigenvalue weighted by atomic mass is 10.4. The highest BCUT2D eigenvalue weighted by Gasteiger charge is 1.95. The van der Waals surface area contributed by atoms with Crippen LogP contribution in [-0.4, -0.2) is 4.98 Å². The van der Waals surface area contributed by atoms with E-state index >= 15 is 0 Å².